The molecule has 0 aliphatic carbocycles. The minimum atomic E-state index is -0.0658. The molecule has 94 valence electrons. The summed E-state index contributed by atoms with van der Waals surface area (Å²) in [7, 11) is 0. The lowest BCUT2D eigenvalue weighted by Gasteiger charge is -1.98. The Morgan fingerprint density at radius 3 is 2.32 bits per heavy atom. The van der Waals surface area contributed by atoms with E-state index in [4.69, 9.17) is 23.2 Å². The Kier molecular flexibility index (Phi) is 3.05. The van der Waals surface area contributed by atoms with E-state index < -0.39 is 0 Å². The molecule has 0 saturated heterocycles. The largest absolute Gasteiger partial charge is 0.352 e. The summed E-state index contributed by atoms with van der Waals surface area (Å²) in [6, 6.07) is 14.1. The Morgan fingerprint density at radius 1 is 0.895 bits per heavy atom. The van der Waals surface area contributed by atoms with Gasteiger partial charge in [0.05, 0.1) is 5.69 Å². The average Bonchev–Trinajstić information content (AvgIpc) is 2.81. The molecule has 0 aliphatic rings. The van der Waals surface area contributed by atoms with E-state index in [-0.39, 0.29) is 5.78 Å². The normalized spacial score (nSPS) is 10.8. The van der Waals surface area contributed by atoms with Gasteiger partial charge in [-0.2, -0.15) is 0 Å². The topological polar surface area (TPSA) is 32.9 Å². The molecule has 0 amide bonds. The summed E-state index contributed by atoms with van der Waals surface area (Å²) in [6.07, 6.45) is 0. The fraction of sp³-hybridized carbons (Fsp3) is 0. The standard InChI is InChI=1S/C15H9Cl2NO/c16-11-4-1-9(2-5-11)15(19)14-7-10-3-6-12(17)8-13(10)18-14/h1-8,18H. The van der Waals surface area contributed by atoms with Crippen LogP contribution in [0.25, 0.3) is 10.9 Å². The molecule has 1 heterocycles. The highest BCUT2D eigenvalue weighted by Crippen LogP contribution is 2.21. The zero-order valence-electron chi connectivity index (χ0n) is 9.78. The molecule has 0 spiro atoms. The van der Waals surface area contributed by atoms with Gasteiger partial charge in [0.15, 0.2) is 0 Å². The minimum Gasteiger partial charge on any atom is -0.352 e. The van der Waals surface area contributed by atoms with Gasteiger partial charge in [0.1, 0.15) is 0 Å². The van der Waals surface area contributed by atoms with E-state index in [9.17, 15) is 4.79 Å². The highest BCUT2D eigenvalue weighted by atomic mass is 35.5. The first kappa shape index (κ1) is 12.3. The molecule has 0 fully saturated rings. The molecule has 1 N–H and O–H groups in total. The highest BCUT2D eigenvalue weighted by Gasteiger charge is 2.12. The summed E-state index contributed by atoms with van der Waals surface area (Å²) in [5, 5.41) is 2.21. The smallest absolute Gasteiger partial charge is 0.209 e. The number of aromatic nitrogens is 1. The number of aromatic amines is 1. The van der Waals surface area contributed by atoms with Crippen molar-refractivity contribution >= 4 is 39.9 Å². The Hall–Kier alpha value is -1.77. The van der Waals surface area contributed by atoms with Crippen molar-refractivity contribution < 1.29 is 4.79 Å². The molecule has 0 saturated carbocycles. The van der Waals surface area contributed by atoms with Crippen LogP contribution in [-0.4, -0.2) is 10.8 Å². The number of hydrogen-bond donors (Lipinski definition) is 1. The van der Waals surface area contributed by atoms with E-state index in [0.29, 0.717) is 21.3 Å². The van der Waals surface area contributed by atoms with E-state index in [1.54, 1.807) is 36.4 Å². The lowest BCUT2D eigenvalue weighted by atomic mass is 10.1. The van der Waals surface area contributed by atoms with Crippen LogP contribution < -0.4 is 0 Å². The Morgan fingerprint density at radius 2 is 1.58 bits per heavy atom. The second-order valence-corrected chi connectivity index (χ2v) is 5.12. The van der Waals surface area contributed by atoms with E-state index in [2.05, 4.69) is 4.98 Å². The summed E-state index contributed by atoms with van der Waals surface area (Å²) >= 11 is 11.7. The van der Waals surface area contributed by atoms with Gasteiger partial charge in [-0.3, -0.25) is 4.79 Å². The maximum atomic E-state index is 12.3. The third-order valence-corrected chi connectivity index (χ3v) is 3.42. The van der Waals surface area contributed by atoms with Gasteiger partial charge in [-0.05, 0) is 42.5 Å². The second kappa shape index (κ2) is 4.72. The minimum absolute atomic E-state index is 0.0658. The number of carbonyl (C=O) groups excluding carboxylic acids is 1. The van der Waals surface area contributed by atoms with Crippen molar-refractivity contribution in [3.63, 3.8) is 0 Å². The predicted molar refractivity (Wildman–Crippen MR) is 78.2 cm³/mol. The number of ketones is 1. The van der Waals surface area contributed by atoms with Crippen molar-refractivity contribution in [2.75, 3.05) is 0 Å². The van der Waals surface area contributed by atoms with Gasteiger partial charge < -0.3 is 4.98 Å². The summed E-state index contributed by atoms with van der Waals surface area (Å²) in [5.74, 6) is -0.0658. The van der Waals surface area contributed by atoms with Gasteiger partial charge in [0.2, 0.25) is 5.78 Å². The summed E-state index contributed by atoms with van der Waals surface area (Å²) < 4.78 is 0. The molecule has 3 aromatic rings. The van der Waals surface area contributed by atoms with Crippen molar-refractivity contribution in [3.8, 4) is 0 Å². The fourth-order valence-corrected chi connectivity index (χ4v) is 2.28. The van der Waals surface area contributed by atoms with Crippen LogP contribution in [0, 0.1) is 0 Å². The molecular weight excluding hydrogens is 281 g/mol. The molecule has 0 radical (unpaired) electrons. The molecule has 19 heavy (non-hydrogen) atoms. The Labute approximate surface area is 120 Å². The number of rotatable bonds is 2. The van der Waals surface area contributed by atoms with Crippen molar-refractivity contribution in [1.29, 1.82) is 0 Å². The monoisotopic (exact) mass is 289 g/mol. The number of fused-ring (bicyclic) bond motifs is 1. The zero-order chi connectivity index (χ0) is 13.4. The van der Waals surface area contributed by atoms with E-state index in [0.717, 1.165) is 10.9 Å². The third-order valence-electron chi connectivity index (χ3n) is 2.94. The molecule has 2 aromatic carbocycles. The maximum Gasteiger partial charge on any atom is 0.209 e. The highest BCUT2D eigenvalue weighted by molar-refractivity contribution is 6.31. The van der Waals surface area contributed by atoms with Crippen LogP contribution in [0.2, 0.25) is 10.0 Å². The average molecular weight is 290 g/mol. The maximum absolute atomic E-state index is 12.3. The lowest BCUT2D eigenvalue weighted by Crippen LogP contribution is -2.00. The molecule has 0 unspecified atom stereocenters. The van der Waals surface area contributed by atoms with Crippen LogP contribution in [0.15, 0.2) is 48.5 Å². The number of hydrogen-bond acceptors (Lipinski definition) is 1. The van der Waals surface area contributed by atoms with E-state index >= 15 is 0 Å². The van der Waals surface area contributed by atoms with Crippen molar-refractivity contribution in [2.45, 2.75) is 0 Å². The van der Waals surface area contributed by atoms with Gasteiger partial charge in [0, 0.05) is 26.5 Å². The Bertz CT molecular complexity index is 759. The van der Waals surface area contributed by atoms with Crippen LogP contribution in [0.5, 0.6) is 0 Å². The van der Waals surface area contributed by atoms with Gasteiger partial charge in [-0.1, -0.05) is 29.3 Å². The van der Waals surface area contributed by atoms with Crippen molar-refractivity contribution in [3.05, 3.63) is 69.8 Å². The number of benzene rings is 2. The van der Waals surface area contributed by atoms with Crippen LogP contribution in [0.1, 0.15) is 16.1 Å². The molecular formula is C15H9Cl2NO. The van der Waals surface area contributed by atoms with E-state index in [1.165, 1.54) is 0 Å². The predicted octanol–water partition coefficient (Wildman–Crippen LogP) is 4.71. The molecule has 1 aromatic heterocycles. The van der Waals surface area contributed by atoms with E-state index in [1.807, 2.05) is 12.1 Å². The van der Waals surface area contributed by atoms with Crippen LogP contribution in [0.4, 0.5) is 0 Å². The zero-order valence-corrected chi connectivity index (χ0v) is 11.3. The quantitative estimate of drug-likeness (QED) is 0.681. The lowest BCUT2D eigenvalue weighted by molar-refractivity contribution is 0.103. The van der Waals surface area contributed by atoms with Gasteiger partial charge in [-0.25, -0.2) is 0 Å². The van der Waals surface area contributed by atoms with Gasteiger partial charge in [-0.15, -0.1) is 0 Å². The first-order valence-electron chi connectivity index (χ1n) is 5.72. The molecule has 0 atom stereocenters. The van der Waals surface area contributed by atoms with Crippen molar-refractivity contribution in [1.82, 2.24) is 4.98 Å². The number of carbonyl (C=O) groups is 1. The summed E-state index contributed by atoms with van der Waals surface area (Å²) in [5.41, 5.74) is 1.99. The summed E-state index contributed by atoms with van der Waals surface area (Å²) in [4.78, 5) is 15.4. The number of nitrogens with one attached hydrogen (secondary N) is 1. The second-order valence-electron chi connectivity index (χ2n) is 4.25. The molecule has 4 heteroatoms. The summed E-state index contributed by atoms with van der Waals surface area (Å²) in [6.45, 7) is 0. The Balaban J connectivity index is 2.04. The number of halogens is 2. The SMILES string of the molecule is O=C(c1ccc(Cl)cc1)c1cc2ccc(Cl)cc2[nH]1. The number of H-pyrrole nitrogens is 1. The van der Waals surface area contributed by atoms with Crippen LogP contribution in [0.3, 0.4) is 0 Å². The van der Waals surface area contributed by atoms with Gasteiger partial charge >= 0.3 is 0 Å². The van der Waals surface area contributed by atoms with Crippen molar-refractivity contribution in [2.24, 2.45) is 0 Å². The van der Waals surface area contributed by atoms with Crippen LogP contribution >= 0.6 is 23.2 Å². The molecule has 0 aliphatic heterocycles. The first-order valence-corrected chi connectivity index (χ1v) is 6.47. The molecule has 3 rings (SSSR count). The molecule has 0 bridgehead atoms. The fourth-order valence-electron chi connectivity index (χ4n) is 1.98. The van der Waals surface area contributed by atoms with Crippen LogP contribution in [-0.2, 0) is 0 Å². The first-order chi connectivity index (χ1) is 9.13. The van der Waals surface area contributed by atoms with Gasteiger partial charge in [0.25, 0.3) is 0 Å². The third kappa shape index (κ3) is 2.37. The molecule has 2 nitrogen and oxygen atoms in total.